The Morgan fingerprint density at radius 3 is 2.46 bits per heavy atom. The first kappa shape index (κ1) is 41.9. The molecule has 7 aliphatic rings. The first-order chi connectivity index (χ1) is 29.4. The number of para-hydroxylation sites is 1. The fraction of sp³-hybridized carbons (Fsp3) is 0.705. The molecule has 2 aliphatic carbocycles. The Morgan fingerprint density at radius 1 is 0.951 bits per heavy atom. The summed E-state index contributed by atoms with van der Waals surface area (Å²) in [4.78, 5) is 77.9. The van der Waals surface area contributed by atoms with Crippen LogP contribution < -0.4 is 16.3 Å². The first-order valence-electron chi connectivity index (χ1n) is 22.9. The zero-order valence-electron chi connectivity index (χ0n) is 35.6. The molecule has 1 spiro atoms. The van der Waals surface area contributed by atoms with Crippen molar-refractivity contribution >= 4 is 56.9 Å². The number of imidazole rings is 1. The third kappa shape index (κ3) is 7.75. The number of hydrogen-bond acceptors (Lipinski definition) is 10. The van der Waals surface area contributed by atoms with E-state index in [0.29, 0.717) is 69.1 Å². The predicted molar refractivity (Wildman–Crippen MR) is 230 cm³/mol. The Labute approximate surface area is 357 Å². The molecule has 1 aromatic heterocycles. The molecule has 6 heterocycles. The number of aryl methyl sites for hydroxylation is 2. The van der Waals surface area contributed by atoms with Crippen molar-refractivity contribution in [3.05, 3.63) is 34.2 Å². The van der Waals surface area contributed by atoms with Crippen molar-refractivity contribution in [1.29, 1.82) is 0 Å². The van der Waals surface area contributed by atoms with Gasteiger partial charge < -0.3 is 15.1 Å². The molecule has 0 bridgehead atoms. The van der Waals surface area contributed by atoms with E-state index in [9.17, 15) is 32.4 Å². The van der Waals surface area contributed by atoms with Crippen LogP contribution in [-0.4, -0.2) is 117 Å². The fourth-order valence-corrected chi connectivity index (χ4v) is 13.3. The Morgan fingerprint density at radius 2 is 1.72 bits per heavy atom. The van der Waals surface area contributed by atoms with E-state index < -0.39 is 27.2 Å². The summed E-state index contributed by atoms with van der Waals surface area (Å²) in [6.07, 6.45) is 14.8. The smallest absolute Gasteiger partial charge is 0.329 e. The highest BCUT2D eigenvalue weighted by Gasteiger charge is 2.67. The number of benzene rings is 1. The van der Waals surface area contributed by atoms with Gasteiger partial charge in [-0.15, -0.1) is 0 Å². The molecule has 16 nitrogen and oxygen atoms in total. The van der Waals surface area contributed by atoms with Crippen molar-refractivity contribution in [3.8, 4) is 0 Å². The minimum absolute atomic E-state index is 0.0160. The summed E-state index contributed by atoms with van der Waals surface area (Å²) in [5, 5.41) is 5.26. The second-order valence-electron chi connectivity index (χ2n) is 18.9. The molecule has 9 rings (SSSR count). The van der Waals surface area contributed by atoms with E-state index in [2.05, 4.69) is 22.5 Å². The van der Waals surface area contributed by atoms with Gasteiger partial charge in [-0.05, 0) is 88.2 Å². The Hall–Kier alpha value is -4.38. The van der Waals surface area contributed by atoms with Crippen molar-refractivity contribution in [1.82, 2.24) is 33.9 Å². The van der Waals surface area contributed by atoms with Gasteiger partial charge in [-0.2, -0.15) is 0 Å². The van der Waals surface area contributed by atoms with Crippen molar-refractivity contribution in [2.75, 3.05) is 26.2 Å². The highest BCUT2D eigenvalue weighted by molar-refractivity contribution is 7.89. The lowest BCUT2D eigenvalue weighted by Gasteiger charge is -2.35. The van der Waals surface area contributed by atoms with E-state index in [1.165, 1.54) is 4.57 Å². The zero-order valence-corrected chi connectivity index (χ0v) is 36.4. The van der Waals surface area contributed by atoms with Crippen molar-refractivity contribution in [2.24, 2.45) is 34.3 Å². The SMILES string of the molecule is CC1CCCC1N1C(=O)C2(CC2)C2C=NC(NC3CCN(S(=O)(=O)C4CCN(C(=O)CCCCCCCc5cccc6c5n(C)c(=O)n6C5CCC(=O)NC5=O)C4)CC3)=NC21. The molecular weight excluding hydrogens is 799 g/mol. The monoisotopic (exact) mass is 859 g/mol. The number of aromatic nitrogens is 2. The molecule has 2 aromatic rings. The standard InChI is InChI=1S/C44H61N9O7S/c1-28-10-8-13-33(28)53-39-32(44(21-22-44)41(53)57)26-45-42(48-39)46-30-18-24-51(25-19-30)61(59,60)31-20-23-50(27-31)37(55)15-7-5-3-4-6-11-29-12-9-14-34-38(29)49(2)43(58)52(34)35-16-17-36(54)47-40(35)56/h9,12,14,26,28,30-33,35,39H,3-8,10-11,13,15-25,27H2,1-2H3,(H,46,48)(H,47,54,56). The molecule has 2 saturated carbocycles. The number of nitrogens with one attached hydrogen (secondary N) is 2. The van der Waals surface area contributed by atoms with E-state index in [1.807, 2.05) is 24.4 Å². The number of likely N-dealkylation sites (tertiary alicyclic amines) is 2. The number of rotatable bonds is 13. The average Bonchev–Trinajstić information content (AvgIpc) is 3.44. The summed E-state index contributed by atoms with van der Waals surface area (Å²) in [7, 11) is -1.84. The van der Waals surface area contributed by atoms with Crippen LogP contribution in [0.1, 0.15) is 121 Å². The molecule has 4 amide bonds. The van der Waals surface area contributed by atoms with Crippen LogP contribution in [0.2, 0.25) is 0 Å². The fourth-order valence-electron chi connectivity index (χ4n) is 11.4. The number of imide groups is 1. The molecular formula is C44H61N9O7S. The van der Waals surface area contributed by atoms with Gasteiger partial charge in [0.05, 0.1) is 21.7 Å². The summed E-state index contributed by atoms with van der Waals surface area (Å²) in [5.74, 6) is 0.575. The number of amides is 4. The normalized spacial score (nSPS) is 29.1. The van der Waals surface area contributed by atoms with Gasteiger partial charge >= 0.3 is 5.69 Å². The van der Waals surface area contributed by atoms with Crippen LogP contribution in [0.5, 0.6) is 0 Å². The predicted octanol–water partition coefficient (Wildman–Crippen LogP) is 3.38. The number of carbonyl (C=O) groups is 4. The van der Waals surface area contributed by atoms with Gasteiger partial charge in [-0.25, -0.2) is 27.5 Å². The van der Waals surface area contributed by atoms with Crippen molar-refractivity contribution < 1.29 is 27.6 Å². The number of guanidine groups is 1. The maximum Gasteiger partial charge on any atom is 0.329 e. The molecule has 4 saturated heterocycles. The van der Waals surface area contributed by atoms with Gasteiger partial charge in [-0.1, -0.05) is 44.7 Å². The van der Waals surface area contributed by atoms with Gasteiger partial charge in [0.25, 0.3) is 0 Å². The lowest BCUT2D eigenvalue weighted by Crippen LogP contribution is -2.50. The maximum atomic E-state index is 13.8. The molecule has 1 aromatic carbocycles. The van der Waals surface area contributed by atoms with Crippen LogP contribution in [-0.2, 0) is 42.7 Å². The number of nitrogens with zero attached hydrogens (tertiary/aromatic N) is 7. The van der Waals surface area contributed by atoms with E-state index in [0.717, 1.165) is 81.7 Å². The lowest BCUT2D eigenvalue weighted by molar-refractivity contribution is -0.136. The van der Waals surface area contributed by atoms with Gasteiger partial charge in [0.1, 0.15) is 12.2 Å². The Bertz CT molecular complexity index is 2310. The number of carbonyl (C=O) groups excluding carboxylic acids is 4. The van der Waals surface area contributed by atoms with Crippen LogP contribution in [0.15, 0.2) is 33.0 Å². The molecule has 330 valence electrons. The van der Waals surface area contributed by atoms with E-state index in [1.54, 1.807) is 20.8 Å². The summed E-state index contributed by atoms with van der Waals surface area (Å²) >= 11 is 0. The molecule has 6 fully saturated rings. The van der Waals surface area contributed by atoms with Crippen LogP contribution >= 0.6 is 0 Å². The molecule has 0 radical (unpaired) electrons. The largest absolute Gasteiger partial charge is 0.352 e. The van der Waals surface area contributed by atoms with E-state index in [-0.39, 0.29) is 66.0 Å². The van der Waals surface area contributed by atoms with Crippen LogP contribution in [0.4, 0.5) is 0 Å². The summed E-state index contributed by atoms with van der Waals surface area (Å²) in [6, 6.07) is 5.34. The Kier molecular flexibility index (Phi) is 11.5. The number of piperidine rings is 2. The van der Waals surface area contributed by atoms with Gasteiger partial charge in [0.15, 0.2) is 0 Å². The van der Waals surface area contributed by atoms with Crippen LogP contribution in [0, 0.1) is 17.3 Å². The van der Waals surface area contributed by atoms with Crippen LogP contribution in [0.3, 0.4) is 0 Å². The topological polar surface area (TPSA) is 188 Å². The average molecular weight is 860 g/mol. The number of unbranched alkanes of at least 4 members (excludes halogenated alkanes) is 4. The molecule has 2 N–H and O–H groups in total. The highest BCUT2D eigenvalue weighted by Crippen LogP contribution is 2.60. The quantitative estimate of drug-likeness (QED) is 0.227. The molecule has 6 atom stereocenters. The maximum absolute atomic E-state index is 13.8. The van der Waals surface area contributed by atoms with Crippen LogP contribution in [0.25, 0.3) is 11.0 Å². The molecule has 61 heavy (non-hydrogen) atoms. The Balaban J connectivity index is 0.696. The summed E-state index contributed by atoms with van der Waals surface area (Å²) in [5.41, 5.74) is 1.96. The van der Waals surface area contributed by atoms with Gasteiger partial charge in [0, 0.05) is 70.3 Å². The summed E-state index contributed by atoms with van der Waals surface area (Å²) in [6.45, 7) is 3.76. The van der Waals surface area contributed by atoms with Gasteiger partial charge in [0.2, 0.25) is 39.6 Å². The number of hydrogen-bond donors (Lipinski definition) is 2. The van der Waals surface area contributed by atoms with Crippen molar-refractivity contribution in [2.45, 2.75) is 146 Å². The lowest BCUT2D eigenvalue weighted by atomic mass is 9.91. The number of sulfonamides is 1. The number of fused-ring (bicyclic) bond motifs is 3. The summed E-state index contributed by atoms with van der Waals surface area (Å²) < 4.78 is 32.3. The minimum atomic E-state index is -3.56. The zero-order chi connectivity index (χ0) is 42.6. The third-order valence-electron chi connectivity index (χ3n) is 15.1. The van der Waals surface area contributed by atoms with Crippen molar-refractivity contribution in [3.63, 3.8) is 0 Å². The second kappa shape index (κ2) is 16.7. The van der Waals surface area contributed by atoms with E-state index >= 15 is 0 Å². The number of aliphatic imine (C=N–C) groups is 2. The molecule has 6 unspecified atom stereocenters. The first-order valence-corrected chi connectivity index (χ1v) is 24.4. The minimum Gasteiger partial charge on any atom is -0.352 e. The third-order valence-corrected chi connectivity index (χ3v) is 17.4. The van der Waals surface area contributed by atoms with Gasteiger partial charge in [-0.3, -0.25) is 33.6 Å². The second-order valence-corrected chi connectivity index (χ2v) is 21.1. The highest BCUT2D eigenvalue weighted by atomic mass is 32.2. The van der Waals surface area contributed by atoms with E-state index in [4.69, 9.17) is 9.98 Å². The molecule has 17 heteroatoms. The molecule has 5 aliphatic heterocycles.